The quantitative estimate of drug-likeness (QED) is 0.715. The highest BCUT2D eigenvalue weighted by atomic mass is 32.2. The van der Waals surface area contributed by atoms with Crippen molar-refractivity contribution in [1.29, 1.82) is 0 Å². The Hall–Kier alpha value is -1.85. The van der Waals surface area contributed by atoms with Crippen molar-refractivity contribution in [2.24, 2.45) is 0 Å². The zero-order valence-corrected chi connectivity index (χ0v) is 11.4. The number of hydrogen-bond donors (Lipinski definition) is 2. The number of aromatic amines is 1. The highest BCUT2D eigenvalue weighted by molar-refractivity contribution is 7.97. The zero-order chi connectivity index (χ0) is 13.1. The summed E-state index contributed by atoms with van der Waals surface area (Å²) in [5.41, 5.74) is 3.31. The molecule has 4 nitrogen and oxygen atoms in total. The Morgan fingerprint density at radius 3 is 3.05 bits per heavy atom. The molecule has 5 heteroatoms. The van der Waals surface area contributed by atoms with Crippen molar-refractivity contribution in [2.75, 3.05) is 0 Å². The molecule has 0 atom stereocenters. The maximum atomic E-state index is 4.34. The van der Waals surface area contributed by atoms with Gasteiger partial charge in [-0.05, 0) is 48.2 Å². The molecular formula is C14H14N4S. The van der Waals surface area contributed by atoms with Crippen LogP contribution in [0.5, 0.6) is 0 Å². The summed E-state index contributed by atoms with van der Waals surface area (Å²) in [6.07, 6.45) is 5.66. The van der Waals surface area contributed by atoms with Gasteiger partial charge in [0.1, 0.15) is 10.7 Å². The highest BCUT2D eigenvalue weighted by Gasteiger charge is 2.03. The second kappa shape index (κ2) is 5.42. The minimum Gasteiger partial charge on any atom is -0.346 e. The first-order valence-corrected chi connectivity index (χ1v) is 6.88. The fourth-order valence-electron chi connectivity index (χ4n) is 1.86. The van der Waals surface area contributed by atoms with Crippen LogP contribution in [0, 0.1) is 6.92 Å². The second-order valence-corrected chi connectivity index (χ2v) is 5.22. The van der Waals surface area contributed by atoms with E-state index in [9.17, 15) is 0 Å². The Morgan fingerprint density at radius 2 is 2.21 bits per heavy atom. The normalized spacial score (nSPS) is 11.0. The van der Waals surface area contributed by atoms with Gasteiger partial charge in [0, 0.05) is 30.5 Å². The van der Waals surface area contributed by atoms with Crippen molar-refractivity contribution in [2.45, 2.75) is 18.5 Å². The second-order valence-electron chi connectivity index (χ2n) is 4.31. The van der Waals surface area contributed by atoms with Crippen molar-refractivity contribution in [3.8, 4) is 0 Å². The van der Waals surface area contributed by atoms with Crippen molar-refractivity contribution in [3.05, 3.63) is 54.0 Å². The van der Waals surface area contributed by atoms with Gasteiger partial charge in [-0.25, -0.2) is 9.97 Å². The lowest BCUT2D eigenvalue weighted by molar-refractivity contribution is 0.973. The lowest BCUT2D eigenvalue weighted by atomic mass is 10.2. The molecule has 3 heterocycles. The molecule has 3 aromatic heterocycles. The van der Waals surface area contributed by atoms with Crippen molar-refractivity contribution in [3.63, 3.8) is 0 Å². The summed E-state index contributed by atoms with van der Waals surface area (Å²) in [5, 5.41) is 2.14. The van der Waals surface area contributed by atoms with Gasteiger partial charge in [0.15, 0.2) is 0 Å². The van der Waals surface area contributed by atoms with E-state index in [0.717, 1.165) is 22.6 Å². The molecule has 0 aliphatic heterocycles. The number of aryl methyl sites for hydroxylation is 1. The summed E-state index contributed by atoms with van der Waals surface area (Å²) in [7, 11) is 0. The summed E-state index contributed by atoms with van der Waals surface area (Å²) in [4.78, 5) is 11.8. The van der Waals surface area contributed by atoms with Gasteiger partial charge in [0.25, 0.3) is 0 Å². The third kappa shape index (κ3) is 2.77. The van der Waals surface area contributed by atoms with Crippen molar-refractivity contribution < 1.29 is 0 Å². The number of fused-ring (bicyclic) bond motifs is 1. The lowest BCUT2D eigenvalue weighted by Gasteiger charge is -2.02. The molecule has 0 aromatic carbocycles. The van der Waals surface area contributed by atoms with Crippen molar-refractivity contribution >= 4 is 23.0 Å². The number of aromatic nitrogens is 3. The zero-order valence-electron chi connectivity index (χ0n) is 10.6. The van der Waals surface area contributed by atoms with Crippen LogP contribution in [0.4, 0.5) is 0 Å². The predicted octanol–water partition coefficient (Wildman–Crippen LogP) is 3.06. The molecule has 19 heavy (non-hydrogen) atoms. The number of nitrogens with one attached hydrogen (secondary N) is 2. The molecule has 0 spiro atoms. The maximum Gasteiger partial charge on any atom is 0.137 e. The molecule has 0 unspecified atom stereocenters. The van der Waals surface area contributed by atoms with Gasteiger partial charge in [-0.15, -0.1) is 0 Å². The molecule has 0 bridgehead atoms. The molecule has 96 valence electrons. The monoisotopic (exact) mass is 270 g/mol. The molecule has 0 fully saturated rings. The molecule has 0 amide bonds. The average molecular weight is 270 g/mol. The van der Waals surface area contributed by atoms with Gasteiger partial charge < -0.3 is 4.98 Å². The summed E-state index contributed by atoms with van der Waals surface area (Å²) in [6.45, 7) is 2.81. The fraction of sp³-hybridized carbons (Fsp3) is 0.143. The third-order valence-electron chi connectivity index (χ3n) is 2.86. The van der Waals surface area contributed by atoms with Crippen LogP contribution in [0.25, 0.3) is 11.0 Å². The number of pyridine rings is 2. The molecule has 0 saturated heterocycles. The van der Waals surface area contributed by atoms with E-state index in [1.54, 1.807) is 18.1 Å². The Labute approximate surface area is 115 Å². The van der Waals surface area contributed by atoms with Crippen LogP contribution >= 0.6 is 11.9 Å². The number of nitrogens with zero attached hydrogens (tertiary/aromatic N) is 2. The molecule has 2 N–H and O–H groups in total. The van der Waals surface area contributed by atoms with E-state index in [4.69, 9.17) is 0 Å². The van der Waals surface area contributed by atoms with Crippen LogP contribution < -0.4 is 4.72 Å². The average Bonchev–Trinajstić information content (AvgIpc) is 2.85. The van der Waals surface area contributed by atoms with E-state index < -0.39 is 0 Å². The van der Waals surface area contributed by atoms with Crippen molar-refractivity contribution in [1.82, 2.24) is 19.7 Å². The molecule has 0 aliphatic carbocycles. The summed E-state index contributed by atoms with van der Waals surface area (Å²) < 4.78 is 3.32. The lowest BCUT2D eigenvalue weighted by Crippen LogP contribution is -2.02. The van der Waals surface area contributed by atoms with Crippen LogP contribution in [-0.2, 0) is 6.54 Å². The first-order valence-electron chi connectivity index (χ1n) is 6.06. The minimum atomic E-state index is 0.770. The molecular weight excluding hydrogens is 256 g/mol. The fourth-order valence-corrected chi connectivity index (χ4v) is 2.48. The van der Waals surface area contributed by atoms with Crippen LogP contribution in [0.15, 0.2) is 47.9 Å². The predicted molar refractivity (Wildman–Crippen MR) is 77.8 cm³/mol. The summed E-state index contributed by atoms with van der Waals surface area (Å²) in [5.74, 6) is 0. The van der Waals surface area contributed by atoms with Gasteiger partial charge in [-0.2, -0.15) is 0 Å². The molecule has 0 aliphatic rings. The molecule has 3 rings (SSSR count). The first kappa shape index (κ1) is 12.2. The summed E-state index contributed by atoms with van der Waals surface area (Å²) >= 11 is 1.54. The number of hydrogen-bond acceptors (Lipinski definition) is 4. The van der Waals surface area contributed by atoms with E-state index in [0.29, 0.717) is 0 Å². The number of rotatable bonds is 4. The van der Waals surface area contributed by atoms with Crippen LogP contribution in [0.3, 0.4) is 0 Å². The van der Waals surface area contributed by atoms with E-state index in [2.05, 4.69) is 31.8 Å². The Kier molecular flexibility index (Phi) is 3.48. The van der Waals surface area contributed by atoms with Gasteiger partial charge in [-0.1, -0.05) is 6.07 Å². The first-order chi connectivity index (χ1) is 9.33. The largest absolute Gasteiger partial charge is 0.346 e. The molecule has 0 radical (unpaired) electrons. The maximum absolute atomic E-state index is 4.34. The SMILES string of the molecule is Cc1ccc(SNCc2c[nH]c3ncccc23)nc1. The minimum absolute atomic E-state index is 0.770. The third-order valence-corrected chi connectivity index (χ3v) is 3.60. The van der Waals surface area contributed by atoms with E-state index in [1.165, 1.54) is 11.1 Å². The Morgan fingerprint density at radius 1 is 1.26 bits per heavy atom. The van der Waals surface area contributed by atoms with Gasteiger partial charge in [-0.3, -0.25) is 4.72 Å². The smallest absolute Gasteiger partial charge is 0.137 e. The van der Waals surface area contributed by atoms with Gasteiger partial charge in [0.05, 0.1) is 0 Å². The van der Waals surface area contributed by atoms with E-state index >= 15 is 0 Å². The van der Waals surface area contributed by atoms with Crippen LogP contribution in [0.1, 0.15) is 11.1 Å². The van der Waals surface area contributed by atoms with Gasteiger partial charge >= 0.3 is 0 Å². The standard InChI is InChI=1S/C14H14N4S/c1-10-4-5-13(16-7-10)19-18-9-11-8-17-14-12(11)3-2-6-15-14/h2-8,18H,9H2,1H3,(H,15,17). The highest BCUT2D eigenvalue weighted by Crippen LogP contribution is 2.17. The number of H-pyrrole nitrogens is 1. The van der Waals surface area contributed by atoms with E-state index in [-0.39, 0.29) is 0 Å². The summed E-state index contributed by atoms with van der Waals surface area (Å²) in [6, 6.07) is 8.11. The Balaban J connectivity index is 1.65. The van der Waals surface area contributed by atoms with E-state index in [1.807, 2.05) is 31.5 Å². The van der Waals surface area contributed by atoms with Crippen LogP contribution in [0.2, 0.25) is 0 Å². The van der Waals surface area contributed by atoms with Gasteiger partial charge in [0.2, 0.25) is 0 Å². The molecule has 0 saturated carbocycles. The Bertz CT molecular complexity index is 675. The molecule has 3 aromatic rings. The topological polar surface area (TPSA) is 53.6 Å². The van der Waals surface area contributed by atoms with Crippen LogP contribution in [-0.4, -0.2) is 15.0 Å².